The summed E-state index contributed by atoms with van der Waals surface area (Å²) >= 11 is 0. The fourth-order valence-electron chi connectivity index (χ4n) is 4.68. The summed E-state index contributed by atoms with van der Waals surface area (Å²) in [7, 11) is 3.13. The molecular weight excluding hydrogens is 500 g/mol. The third-order valence-electron chi connectivity index (χ3n) is 7.11. The highest BCUT2D eigenvalue weighted by Gasteiger charge is 2.23. The van der Waals surface area contributed by atoms with Crippen LogP contribution in [-0.2, 0) is 16.1 Å². The first kappa shape index (κ1) is 27.0. The van der Waals surface area contributed by atoms with Gasteiger partial charge in [0.05, 0.1) is 44.9 Å². The number of hydrogen-bond acceptors (Lipinski definition) is 8. The number of amides is 1. The van der Waals surface area contributed by atoms with Crippen molar-refractivity contribution in [3.05, 3.63) is 46.8 Å². The molecule has 0 unspecified atom stereocenters. The van der Waals surface area contributed by atoms with Crippen LogP contribution in [0.2, 0.25) is 0 Å². The lowest BCUT2D eigenvalue weighted by Crippen LogP contribution is -2.37. The second kappa shape index (κ2) is 12.5. The molecule has 0 spiro atoms. The van der Waals surface area contributed by atoms with Gasteiger partial charge in [0.2, 0.25) is 5.91 Å². The summed E-state index contributed by atoms with van der Waals surface area (Å²) in [6.45, 7) is 5.38. The zero-order chi connectivity index (χ0) is 27.2. The number of morpholine rings is 1. The van der Waals surface area contributed by atoms with Crippen molar-refractivity contribution in [1.82, 2.24) is 19.8 Å². The van der Waals surface area contributed by atoms with Crippen LogP contribution >= 0.6 is 0 Å². The minimum Gasteiger partial charge on any atom is -0.497 e. The molecule has 5 rings (SSSR count). The normalized spacial score (nSPS) is 15.7. The quantitative estimate of drug-likeness (QED) is 0.353. The predicted octanol–water partition coefficient (Wildman–Crippen LogP) is 2.71. The largest absolute Gasteiger partial charge is 0.497 e. The SMILES string of the molecule is COc1cc(OC)cc(-c2nc3ccc(OCCCN4CCOCC4)cc3c(=O)n2CC(=O)NCC2CC2)c1. The molecule has 208 valence electrons. The number of hydrogen-bond donors (Lipinski definition) is 1. The van der Waals surface area contributed by atoms with Crippen molar-refractivity contribution < 1.29 is 23.7 Å². The third kappa shape index (κ3) is 6.88. The molecule has 1 saturated carbocycles. The van der Waals surface area contributed by atoms with Crippen LogP contribution in [0.4, 0.5) is 0 Å². The zero-order valence-electron chi connectivity index (χ0n) is 22.6. The number of methoxy groups -OCH3 is 2. The number of fused-ring (bicyclic) bond motifs is 1. The number of carbonyl (C=O) groups excluding carboxylic acids is 1. The Bertz CT molecular complexity index is 1340. The van der Waals surface area contributed by atoms with E-state index in [0.717, 1.165) is 52.1 Å². The number of aromatic nitrogens is 2. The second-order valence-electron chi connectivity index (χ2n) is 10.0. The van der Waals surface area contributed by atoms with E-state index in [1.807, 2.05) is 6.07 Å². The lowest BCUT2D eigenvalue weighted by atomic mass is 10.1. The van der Waals surface area contributed by atoms with E-state index in [9.17, 15) is 9.59 Å². The molecule has 1 aliphatic carbocycles. The van der Waals surface area contributed by atoms with E-state index in [-0.39, 0.29) is 18.0 Å². The van der Waals surface area contributed by atoms with Crippen LogP contribution in [-0.4, -0.2) is 80.6 Å². The highest BCUT2D eigenvalue weighted by Crippen LogP contribution is 2.30. The van der Waals surface area contributed by atoms with Crippen molar-refractivity contribution in [1.29, 1.82) is 0 Å². The predicted molar refractivity (Wildman–Crippen MR) is 148 cm³/mol. The Morgan fingerprint density at radius 2 is 1.79 bits per heavy atom. The molecule has 2 fully saturated rings. The average Bonchev–Trinajstić information content (AvgIpc) is 3.80. The molecule has 2 heterocycles. The fourth-order valence-corrected chi connectivity index (χ4v) is 4.68. The second-order valence-corrected chi connectivity index (χ2v) is 10.0. The van der Waals surface area contributed by atoms with Crippen LogP contribution in [0.3, 0.4) is 0 Å². The van der Waals surface area contributed by atoms with Gasteiger partial charge in [0.25, 0.3) is 5.56 Å². The Kier molecular flexibility index (Phi) is 8.63. The lowest BCUT2D eigenvalue weighted by Gasteiger charge is -2.26. The third-order valence-corrected chi connectivity index (χ3v) is 7.11. The van der Waals surface area contributed by atoms with Gasteiger partial charge in [-0.3, -0.25) is 19.1 Å². The Morgan fingerprint density at radius 3 is 2.49 bits per heavy atom. The molecule has 0 bridgehead atoms. The summed E-state index contributed by atoms with van der Waals surface area (Å²) in [5.41, 5.74) is 0.827. The molecule has 0 atom stereocenters. The summed E-state index contributed by atoms with van der Waals surface area (Å²) in [6.07, 6.45) is 3.13. The molecule has 1 saturated heterocycles. The van der Waals surface area contributed by atoms with Crippen LogP contribution < -0.4 is 25.1 Å². The maximum atomic E-state index is 13.8. The summed E-state index contributed by atoms with van der Waals surface area (Å²) in [4.78, 5) is 33.8. The van der Waals surface area contributed by atoms with Crippen LogP contribution in [0.15, 0.2) is 41.2 Å². The maximum Gasteiger partial charge on any atom is 0.262 e. The molecule has 3 aromatic rings. The van der Waals surface area contributed by atoms with E-state index in [2.05, 4.69) is 10.2 Å². The molecule has 1 amide bonds. The van der Waals surface area contributed by atoms with Crippen LogP contribution in [0, 0.1) is 5.92 Å². The highest BCUT2D eigenvalue weighted by molar-refractivity contribution is 5.83. The van der Waals surface area contributed by atoms with Crippen molar-refractivity contribution in [2.24, 2.45) is 5.92 Å². The topological polar surface area (TPSA) is 104 Å². The number of ether oxygens (including phenoxy) is 4. The number of carbonyl (C=O) groups is 1. The van der Waals surface area contributed by atoms with E-state index in [4.69, 9.17) is 23.9 Å². The maximum absolute atomic E-state index is 13.8. The minimum absolute atomic E-state index is 0.145. The molecule has 39 heavy (non-hydrogen) atoms. The first-order valence-corrected chi connectivity index (χ1v) is 13.5. The van der Waals surface area contributed by atoms with Gasteiger partial charge in [0.15, 0.2) is 0 Å². The Balaban J connectivity index is 1.42. The minimum atomic E-state index is -0.308. The van der Waals surface area contributed by atoms with E-state index in [1.54, 1.807) is 44.6 Å². The molecule has 0 radical (unpaired) electrons. The highest BCUT2D eigenvalue weighted by atomic mass is 16.5. The lowest BCUT2D eigenvalue weighted by molar-refractivity contribution is -0.121. The van der Waals surface area contributed by atoms with Crippen molar-refractivity contribution in [2.75, 3.05) is 60.2 Å². The van der Waals surface area contributed by atoms with Crippen molar-refractivity contribution in [2.45, 2.75) is 25.8 Å². The molecule has 1 aromatic heterocycles. The van der Waals surface area contributed by atoms with Crippen LogP contribution in [0.25, 0.3) is 22.3 Å². The summed E-state index contributed by atoms with van der Waals surface area (Å²) in [5.74, 6) is 2.39. The van der Waals surface area contributed by atoms with Gasteiger partial charge in [-0.05, 0) is 55.5 Å². The monoisotopic (exact) mass is 536 g/mol. The van der Waals surface area contributed by atoms with Gasteiger partial charge in [-0.15, -0.1) is 0 Å². The first-order valence-electron chi connectivity index (χ1n) is 13.5. The van der Waals surface area contributed by atoms with Gasteiger partial charge in [-0.2, -0.15) is 0 Å². The molecule has 2 aliphatic rings. The first-order chi connectivity index (χ1) is 19.0. The number of nitrogens with zero attached hydrogens (tertiary/aromatic N) is 3. The zero-order valence-corrected chi connectivity index (χ0v) is 22.6. The van der Waals surface area contributed by atoms with Gasteiger partial charge in [-0.25, -0.2) is 4.98 Å². The van der Waals surface area contributed by atoms with Gasteiger partial charge in [0, 0.05) is 37.8 Å². The van der Waals surface area contributed by atoms with Gasteiger partial charge in [0.1, 0.15) is 29.6 Å². The molecule has 10 nitrogen and oxygen atoms in total. The van der Waals surface area contributed by atoms with E-state index >= 15 is 0 Å². The van der Waals surface area contributed by atoms with Crippen molar-refractivity contribution >= 4 is 16.8 Å². The molecule has 10 heteroatoms. The van der Waals surface area contributed by atoms with Crippen LogP contribution in [0.5, 0.6) is 17.2 Å². The van der Waals surface area contributed by atoms with Gasteiger partial charge in [-0.1, -0.05) is 0 Å². The van der Waals surface area contributed by atoms with E-state index < -0.39 is 0 Å². The van der Waals surface area contributed by atoms with Gasteiger partial charge < -0.3 is 24.3 Å². The smallest absolute Gasteiger partial charge is 0.262 e. The number of rotatable bonds is 12. The number of nitrogens with one attached hydrogen (secondary N) is 1. The summed E-state index contributed by atoms with van der Waals surface area (Å²) in [6, 6.07) is 10.6. The Labute approximate surface area is 227 Å². The molecule has 2 aromatic carbocycles. The summed E-state index contributed by atoms with van der Waals surface area (Å²) in [5, 5.41) is 3.35. The molecule has 1 aliphatic heterocycles. The van der Waals surface area contributed by atoms with Gasteiger partial charge >= 0.3 is 0 Å². The summed E-state index contributed by atoms with van der Waals surface area (Å²) < 4.78 is 23.7. The Hall–Kier alpha value is -3.63. The van der Waals surface area contributed by atoms with E-state index in [1.165, 1.54) is 4.57 Å². The molecular formula is C29H36N4O6. The standard InChI is InChI=1S/C29H36N4O6/c1-36-23-14-21(15-24(16-23)37-2)28-31-26-7-6-22(39-11-3-8-32-9-12-38-13-10-32)17-25(26)29(35)33(28)19-27(34)30-18-20-4-5-20/h6-7,14-17,20H,3-5,8-13,18-19H2,1-2H3,(H,30,34). The average molecular weight is 537 g/mol. The van der Waals surface area contributed by atoms with E-state index in [0.29, 0.717) is 58.6 Å². The fraction of sp³-hybridized carbons (Fsp3) is 0.483. The Morgan fingerprint density at radius 1 is 1.05 bits per heavy atom. The van der Waals surface area contributed by atoms with Crippen LogP contribution in [0.1, 0.15) is 19.3 Å². The molecule has 1 N–H and O–H groups in total. The number of benzene rings is 2. The van der Waals surface area contributed by atoms with Crippen molar-refractivity contribution in [3.63, 3.8) is 0 Å². The van der Waals surface area contributed by atoms with Crippen molar-refractivity contribution in [3.8, 4) is 28.6 Å².